The summed E-state index contributed by atoms with van der Waals surface area (Å²) in [6, 6.07) is 71.1. The lowest BCUT2D eigenvalue weighted by atomic mass is 9.95. The summed E-state index contributed by atoms with van der Waals surface area (Å²) in [6.07, 6.45) is 0. The highest BCUT2D eigenvalue weighted by Crippen LogP contribution is 2.44. The third kappa shape index (κ3) is 5.36. The second-order valence-corrected chi connectivity index (χ2v) is 14.1. The fourth-order valence-corrected chi connectivity index (χ4v) is 8.15. The van der Waals surface area contributed by atoms with Gasteiger partial charge in [-0.05, 0) is 111 Å². The lowest BCUT2D eigenvalue weighted by Crippen LogP contribution is -2.10. The highest BCUT2D eigenvalue weighted by atomic mass is 16.3. The molecule has 3 nitrogen and oxygen atoms in total. The Morgan fingerprint density at radius 3 is 1.58 bits per heavy atom. The van der Waals surface area contributed by atoms with Gasteiger partial charge in [0.15, 0.2) is 0 Å². The van der Waals surface area contributed by atoms with Crippen LogP contribution in [-0.2, 0) is 0 Å². The Hall–Kier alpha value is -7.36. The summed E-state index contributed by atoms with van der Waals surface area (Å²) < 4.78 is 12.7. The summed E-state index contributed by atoms with van der Waals surface area (Å²) >= 11 is 0. The molecule has 0 fully saturated rings. The summed E-state index contributed by atoms with van der Waals surface area (Å²) in [4.78, 5) is 2.31. The normalized spacial score (nSPS) is 11.6. The van der Waals surface area contributed by atoms with Crippen LogP contribution < -0.4 is 4.90 Å². The number of anilines is 3. The van der Waals surface area contributed by atoms with Crippen LogP contribution in [0.5, 0.6) is 0 Å². The minimum atomic E-state index is 0.853. The Labute approximate surface area is 317 Å². The van der Waals surface area contributed by atoms with Crippen molar-refractivity contribution in [1.29, 1.82) is 0 Å². The Bertz CT molecular complexity index is 3220. The molecular weight excluding hydrogens is 671 g/mol. The number of fused-ring (bicyclic) bond motifs is 7. The molecule has 3 heteroatoms. The van der Waals surface area contributed by atoms with E-state index >= 15 is 0 Å². The van der Waals surface area contributed by atoms with Crippen molar-refractivity contribution in [3.63, 3.8) is 0 Å². The van der Waals surface area contributed by atoms with Crippen molar-refractivity contribution in [2.24, 2.45) is 0 Å². The van der Waals surface area contributed by atoms with Crippen molar-refractivity contribution >= 4 is 71.7 Å². The van der Waals surface area contributed by atoms with Crippen LogP contribution in [0.25, 0.3) is 88.0 Å². The Balaban J connectivity index is 0.993. The number of rotatable bonds is 6. The molecule has 0 aliphatic heterocycles. The summed E-state index contributed by atoms with van der Waals surface area (Å²) in [5.74, 6) is 0. The summed E-state index contributed by atoms with van der Waals surface area (Å²) in [5, 5.41) is 6.88. The second-order valence-electron chi connectivity index (χ2n) is 14.1. The number of benzene rings is 9. The molecule has 55 heavy (non-hydrogen) atoms. The lowest BCUT2D eigenvalue weighted by Gasteiger charge is -2.26. The predicted molar refractivity (Wildman–Crippen MR) is 229 cm³/mol. The van der Waals surface area contributed by atoms with Crippen LogP contribution in [0.1, 0.15) is 0 Å². The average Bonchev–Trinajstić information content (AvgIpc) is 3.82. The van der Waals surface area contributed by atoms with E-state index in [1.165, 1.54) is 38.6 Å². The van der Waals surface area contributed by atoms with Crippen LogP contribution in [0.15, 0.2) is 209 Å². The van der Waals surface area contributed by atoms with Gasteiger partial charge in [0, 0.05) is 33.6 Å². The summed E-state index contributed by atoms with van der Waals surface area (Å²) in [7, 11) is 0. The molecule has 11 rings (SSSR count). The molecule has 0 atom stereocenters. The van der Waals surface area contributed by atoms with Gasteiger partial charge in [-0.1, -0.05) is 127 Å². The molecule has 0 saturated heterocycles. The van der Waals surface area contributed by atoms with Gasteiger partial charge in [-0.3, -0.25) is 0 Å². The van der Waals surface area contributed by atoms with E-state index in [1.54, 1.807) is 0 Å². The molecular formula is C52H33NO2. The molecule has 9 aromatic carbocycles. The molecule has 0 spiro atoms. The van der Waals surface area contributed by atoms with E-state index in [-0.39, 0.29) is 0 Å². The standard InChI is InChI=1S/C52H33NO2/c1-2-11-36-31-41(23-22-34(36)10-1)40-15-8-14-39(32-40)38-13-7-12-37(30-38)35-24-26-42(27-25-35)53(43-28-29-45-44-16-3-5-19-48(44)55-51(45)33-43)47-18-9-21-50-52(47)46-17-4-6-20-49(46)54-50/h1-33H. The highest BCUT2D eigenvalue weighted by molar-refractivity contribution is 6.14. The molecule has 0 unspecified atom stereocenters. The zero-order valence-electron chi connectivity index (χ0n) is 29.8. The first-order valence-electron chi connectivity index (χ1n) is 18.7. The molecule has 0 aliphatic rings. The minimum Gasteiger partial charge on any atom is -0.456 e. The largest absolute Gasteiger partial charge is 0.456 e. The van der Waals surface area contributed by atoms with Crippen molar-refractivity contribution in [2.75, 3.05) is 4.90 Å². The third-order valence-corrected chi connectivity index (χ3v) is 10.8. The Kier molecular flexibility index (Phi) is 7.17. The van der Waals surface area contributed by atoms with Crippen LogP contribution >= 0.6 is 0 Å². The topological polar surface area (TPSA) is 29.5 Å². The average molecular weight is 704 g/mol. The molecule has 0 aliphatic carbocycles. The molecule has 11 aromatic rings. The van der Waals surface area contributed by atoms with Crippen LogP contribution in [0.4, 0.5) is 17.1 Å². The number of furan rings is 2. The van der Waals surface area contributed by atoms with Crippen LogP contribution in [0, 0.1) is 0 Å². The van der Waals surface area contributed by atoms with Crippen LogP contribution in [0.2, 0.25) is 0 Å². The smallest absolute Gasteiger partial charge is 0.137 e. The van der Waals surface area contributed by atoms with Crippen molar-refractivity contribution in [1.82, 2.24) is 0 Å². The van der Waals surface area contributed by atoms with Crippen molar-refractivity contribution in [3.05, 3.63) is 200 Å². The van der Waals surface area contributed by atoms with Gasteiger partial charge in [0.2, 0.25) is 0 Å². The molecule has 0 amide bonds. The van der Waals surface area contributed by atoms with Gasteiger partial charge in [0.05, 0.1) is 11.1 Å². The minimum absolute atomic E-state index is 0.853. The Morgan fingerprint density at radius 2 is 0.818 bits per heavy atom. The van der Waals surface area contributed by atoms with Crippen molar-refractivity contribution in [2.45, 2.75) is 0 Å². The van der Waals surface area contributed by atoms with E-state index in [9.17, 15) is 0 Å². The monoisotopic (exact) mass is 703 g/mol. The highest BCUT2D eigenvalue weighted by Gasteiger charge is 2.21. The zero-order valence-corrected chi connectivity index (χ0v) is 29.8. The SMILES string of the molecule is c1cc(-c2ccc(N(c3ccc4c(c3)oc3ccccc34)c3cccc4oc5ccccc5c34)cc2)cc(-c2cccc(-c3ccc4ccccc4c3)c2)c1. The van der Waals surface area contributed by atoms with Crippen molar-refractivity contribution < 1.29 is 8.83 Å². The Morgan fingerprint density at radius 1 is 0.291 bits per heavy atom. The van der Waals surface area contributed by atoms with E-state index in [4.69, 9.17) is 8.83 Å². The maximum atomic E-state index is 6.39. The van der Waals surface area contributed by atoms with Gasteiger partial charge in [-0.15, -0.1) is 0 Å². The third-order valence-electron chi connectivity index (χ3n) is 10.8. The number of hydrogen-bond donors (Lipinski definition) is 0. The van der Waals surface area contributed by atoms with Gasteiger partial charge >= 0.3 is 0 Å². The van der Waals surface area contributed by atoms with E-state index in [2.05, 4.69) is 175 Å². The maximum Gasteiger partial charge on any atom is 0.137 e. The number of hydrogen-bond acceptors (Lipinski definition) is 3. The van der Waals surface area contributed by atoms with Gasteiger partial charge in [-0.25, -0.2) is 0 Å². The fraction of sp³-hybridized carbons (Fsp3) is 0. The summed E-state index contributed by atoms with van der Waals surface area (Å²) in [6.45, 7) is 0. The molecule has 2 aromatic heterocycles. The van der Waals surface area contributed by atoms with Gasteiger partial charge in [0.1, 0.15) is 22.3 Å². The first-order valence-corrected chi connectivity index (χ1v) is 18.7. The summed E-state index contributed by atoms with van der Waals surface area (Å²) in [5.41, 5.74) is 13.7. The molecule has 0 N–H and O–H groups in total. The predicted octanol–water partition coefficient (Wildman–Crippen LogP) is 15.1. The molecule has 2 heterocycles. The lowest BCUT2D eigenvalue weighted by molar-refractivity contribution is 0.669. The van der Waals surface area contributed by atoms with Gasteiger partial charge in [0.25, 0.3) is 0 Å². The van der Waals surface area contributed by atoms with Crippen LogP contribution in [-0.4, -0.2) is 0 Å². The fourth-order valence-electron chi connectivity index (χ4n) is 8.15. The quantitative estimate of drug-likeness (QED) is 0.173. The second kappa shape index (κ2) is 12.6. The molecule has 0 radical (unpaired) electrons. The zero-order chi connectivity index (χ0) is 36.3. The number of nitrogens with zero attached hydrogens (tertiary/aromatic N) is 1. The van der Waals surface area contributed by atoms with Crippen molar-refractivity contribution in [3.8, 4) is 33.4 Å². The van der Waals surface area contributed by atoms with E-state index in [0.29, 0.717) is 0 Å². The van der Waals surface area contributed by atoms with E-state index in [0.717, 1.165) is 66.5 Å². The first kappa shape index (κ1) is 31.2. The van der Waals surface area contributed by atoms with Gasteiger partial charge < -0.3 is 13.7 Å². The van der Waals surface area contributed by atoms with Crippen LogP contribution in [0.3, 0.4) is 0 Å². The van der Waals surface area contributed by atoms with Gasteiger partial charge in [-0.2, -0.15) is 0 Å². The number of para-hydroxylation sites is 2. The maximum absolute atomic E-state index is 6.39. The molecule has 0 bridgehead atoms. The molecule has 258 valence electrons. The van der Waals surface area contributed by atoms with E-state index in [1.807, 2.05) is 30.3 Å². The first-order chi connectivity index (χ1) is 27.2. The molecule has 0 saturated carbocycles. The van der Waals surface area contributed by atoms with E-state index < -0.39 is 0 Å².